The van der Waals surface area contributed by atoms with Gasteiger partial charge in [0, 0.05) is 24.2 Å². The zero-order valence-electron chi connectivity index (χ0n) is 16.2. The molecule has 2 heterocycles. The molecule has 0 spiro atoms. The van der Waals surface area contributed by atoms with Gasteiger partial charge in [-0.25, -0.2) is 5.10 Å². The van der Waals surface area contributed by atoms with Crippen LogP contribution in [-0.4, -0.2) is 30.6 Å². The van der Waals surface area contributed by atoms with Crippen molar-refractivity contribution in [2.75, 3.05) is 0 Å². The van der Waals surface area contributed by atoms with E-state index in [0.717, 1.165) is 36.0 Å². The lowest BCUT2D eigenvalue weighted by Crippen LogP contribution is -2.09. The molecular weight excluding hydrogens is 364 g/mol. The van der Waals surface area contributed by atoms with Gasteiger partial charge in [0.1, 0.15) is 5.82 Å². The zero-order valence-corrected chi connectivity index (χ0v) is 16.2. The summed E-state index contributed by atoms with van der Waals surface area (Å²) < 4.78 is 0. The highest BCUT2D eigenvalue weighted by atomic mass is 16.1. The lowest BCUT2D eigenvalue weighted by Gasteiger charge is -2.14. The Morgan fingerprint density at radius 3 is 2.62 bits per heavy atom. The minimum Gasteiger partial charge on any atom is -0.350 e. The van der Waals surface area contributed by atoms with E-state index in [-0.39, 0.29) is 5.56 Å². The summed E-state index contributed by atoms with van der Waals surface area (Å²) >= 11 is 0. The predicted molar refractivity (Wildman–Crippen MR) is 111 cm³/mol. The summed E-state index contributed by atoms with van der Waals surface area (Å²) in [4.78, 5) is 18.6. The maximum Gasteiger partial charge on any atom is 0.272 e. The third kappa shape index (κ3) is 4.29. The van der Waals surface area contributed by atoms with Crippen LogP contribution in [0.4, 0.5) is 0 Å². The number of H-pyrrole nitrogens is 2. The van der Waals surface area contributed by atoms with Crippen LogP contribution < -0.4 is 5.56 Å². The molecule has 0 aliphatic carbocycles. The fraction of sp³-hybridized carbons (Fsp3) is 0.227. The monoisotopic (exact) mass is 386 g/mol. The highest BCUT2D eigenvalue weighted by Gasteiger charge is 2.14. The third-order valence-electron chi connectivity index (χ3n) is 4.88. The fourth-order valence-electron chi connectivity index (χ4n) is 3.49. The van der Waals surface area contributed by atoms with E-state index >= 15 is 0 Å². The minimum atomic E-state index is -0.226. The van der Waals surface area contributed by atoms with Gasteiger partial charge in [-0.2, -0.15) is 4.98 Å². The second-order valence-corrected chi connectivity index (χ2v) is 6.94. The first-order valence-corrected chi connectivity index (χ1v) is 9.74. The average Bonchev–Trinajstić information content (AvgIpc) is 3.27. The molecule has 0 aliphatic rings. The molecule has 2 aromatic heterocycles. The number of unbranched alkanes of at least 4 members (excludes halogenated alkanes) is 1. The Kier molecular flexibility index (Phi) is 5.56. The lowest BCUT2D eigenvalue weighted by atomic mass is 9.91. The van der Waals surface area contributed by atoms with Gasteiger partial charge in [0.15, 0.2) is 5.82 Å². The van der Waals surface area contributed by atoms with E-state index in [9.17, 15) is 4.79 Å². The molecule has 4 rings (SSSR count). The van der Waals surface area contributed by atoms with E-state index in [1.165, 1.54) is 17.2 Å². The van der Waals surface area contributed by atoms with Gasteiger partial charge in [0.25, 0.3) is 5.56 Å². The summed E-state index contributed by atoms with van der Waals surface area (Å²) in [7, 11) is 0. The number of hydrogen-bond acceptors (Lipinski definition) is 5. The quantitative estimate of drug-likeness (QED) is 0.506. The number of aromatic nitrogens is 6. The first-order valence-electron chi connectivity index (χ1n) is 9.74. The smallest absolute Gasteiger partial charge is 0.272 e. The maximum absolute atomic E-state index is 11.5. The summed E-state index contributed by atoms with van der Waals surface area (Å²) in [6.07, 6.45) is 5.41. The standard InChI is InChI=1S/C22H22N6O/c1-2-3-6-16-13-15(14-20-23-12-11-21(29)24-20)9-10-17(16)18-7-4-5-8-19(18)22-25-27-28-26-22/h4-5,7-13H,2-3,6,14H2,1H3,(H,23,24,29)(H,25,26,27,28). The second kappa shape index (κ2) is 8.60. The molecule has 0 radical (unpaired) electrons. The van der Waals surface area contributed by atoms with Gasteiger partial charge in [-0.05, 0) is 45.5 Å². The largest absolute Gasteiger partial charge is 0.350 e. The molecule has 0 bridgehead atoms. The van der Waals surface area contributed by atoms with E-state index in [1.807, 2.05) is 18.2 Å². The van der Waals surface area contributed by atoms with Crippen molar-refractivity contribution in [3.63, 3.8) is 0 Å². The maximum atomic E-state index is 11.5. The summed E-state index contributed by atoms with van der Waals surface area (Å²) in [5.41, 5.74) is 5.39. The molecule has 0 atom stereocenters. The molecule has 2 aromatic carbocycles. The molecule has 0 saturated heterocycles. The number of aromatic amines is 2. The molecule has 0 saturated carbocycles. The van der Waals surface area contributed by atoms with Crippen molar-refractivity contribution in [2.45, 2.75) is 32.6 Å². The summed E-state index contributed by atoms with van der Waals surface area (Å²) in [6, 6.07) is 16.0. The van der Waals surface area contributed by atoms with Crippen molar-refractivity contribution < 1.29 is 0 Å². The van der Waals surface area contributed by atoms with Gasteiger partial charge in [-0.15, -0.1) is 5.10 Å². The number of hydrogen-bond donors (Lipinski definition) is 2. The Morgan fingerprint density at radius 1 is 1.00 bits per heavy atom. The molecule has 0 unspecified atom stereocenters. The molecule has 0 aliphatic heterocycles. The van der Waals surface area contributed by atoms with Crippen LogP contribution in [0.2, 0.25) is 0 Å². The lowest BCUT2D eigenvalue weighted by molar-refractivity contribution is 0.794. The summed E-state index contributed by atoms with van der Waals surface area (Å²) in [6.45, 7) is 2.19. The van der Waals surface area contributed by atoms with Crippen molar-refractivity contribution in [2.24, 2.45) is 0 Å². The molecule has 7 nitrogen and oxygen atoms in total. The third-order valence-corrected chi connectivity index (χ3v) is 4.88. The van der Waals surface area contributed by atoms with E-state index < -0.39 is 0 Å². The van der Waals surface area contributed by atoms with Crippen molar-refractivity contribution in [3.8, 4) is 22.5 Å². The highest BCUT2D eigenvalue weighted by molar-refractivity contribution is 5.82. The number of nitrogens with one attached hydrogen (secondary N) is 2. The molecule has 0 fully saturated rings. The Morgan fingerprint density at radius 2 is 1.86 bits per heavy atom. The van der Waals surface area contributed by atoms with Gasteiger partial charge >= 0.3 is 0 Å². The van der Waals surface area contributed by atoms with Gasteiger partial charge in [0.2, 0.25) is 0 Å². The van der Waals surface area contributed by atoms with Crippen LogP contribution in [0.5, 0.6) is 0 Å². The topological polar surface area (TPSA) is 100 Å². The van der Waals surface area contributed by atoms with E-state index in [0.29, 0.717) is 18.1 Å². The highest BCUT2D eigenvalue weighted by Crippen LogP contribution is 2.33. The minimum absolute atomic E-state index is 0.226. The normalized spacial score (nSPS) is 10.9. The first kappa shape index (κ1) is 18.7. The summed E-state index contributed by atoms with van der Waals surface area (Å²) in [5, 5.41) is 14.4. The Labute approximate surface area is 168 Å². The number of aryl methyl sites for hydroxylation is 1. The zero-order chi connectivity index (χ0) is 20.1. The fourth-order valence-corrected chi connectivity index (χ4v) is 3.49. The van der Waals surface area contributed by atoms with Gasteiger partial charge in [-0.3, -0.25) is 4.79 Å². The number of rotatable bonds is 7. The predicted octanol–water partition coefficient (Wildman–Crippen LogP) is 3.55. The molecule has 146 valence electrons. The molecule has 29 heavy (non-hydrogen) atoms. The van der Waals surface area contributed by atoms with E-state index in [2.05, 4.69) is 61.8 Å². The molecule has 0 amide bonds. The summed E-state index contributed by atoms with van der Waals surface area (Å²) in [5.74, 6) is 1.32. The van der Waals surface area contributed by atoms with Crippen LogP contribution in [0.1, 0.15) is 36.7 Å². The van der Waals surface area contributed by atoms with Crippen LogP contribution in [0.15, 0.2) is 59.5 Å². The first-order chi connectivity index (χ1) is 14.2. The number of benzene rings is 2. The Balaban J connectivity index is 1.75. The van der Waals surface area contributed by atoms with Crippen molar-refractivity contribution in [3.05, 3.63) is 82.0 Å². The van der Waals surface area contributed by atoms with Crippen molar-refractivity contribution >= 4 is 0 Å². The van der Waals surface area contributed by atoms with Crippen LogP contribution in [0.25, 0.3) is 22.5 Å². The Hall–Kier alpha value is -3.61. The average molecular weight is 386 g/mol. The van der Waals surface area contributed by atoms with Gasteiger partial charge < -0.3 is 4.98 Å². The molecular formula is C22H22N6O. The van der Waals surface area contributed by atoms with E-state index in [1.54, 1.807) is 6.20 Å². The molecule has 4 aromatic rings. The molecule has 7 heteroatoms. The van der Waals surface area contributed by atoms with E-state index in [4.69, 9.17) is 0 Å². The molecule has 2 N–H and O–H groups in total. The SMILES string of the molecule is CCCCc1cc(Cc2nc(=O)cc[nH]2)ccc1-c1ccccc1-c1nnn[nH]1. The van der Waals surface area contributed by atoms with Gasteiger partial charge in [0.05, 0.1) is 0 Å². The number of nitrogens with zero attached hydrogens (tertiary/aromatic N) is 4. The second-order valence-electron chi connectivity index (χ2n) is 6.94. The van der Waals surface area contributed by atoms with Gasteiger partial charge in [-0.1, -0.05) is 55.8 Å². The van der Waals surface area contributed by atoms with Crippen LogP contribution in [-0.2, 0) is 12.8 Å². The van der Waals surface area contributed by atoms with Crippen LogP contribution >= 0.6 is 0 Å². The van der Waals surface area contributed by atoms with Crippen molar-refractivity contribution in [1.82, 2.24) is 30.6 Å². The van der Waals surface area contributed by atoms with Crippen LogP contribution in [0.3, 0.4) is 0 Å². The van der Waals surface area contributed by atoms with Crippen molar-refractivity contribution in [1.29, 1.82) is 0 Å². The number of tetrazole rings is 1. The Bertz CT molecular complexity index is 1150. The van der Waals surface area contributed by atoms with Crippen LogP contribution in [0, 0.1) is 0 Å².